The van der Waals surface area contributed by atoms with Crippen LogP contribution in [-0.2, 0) is 0 Å². The summed E-state index contributed by atoms with van der Waals surface area (Å²) in [6, 6.07) is 5.46. The molecule has 0 fully saturated rings. The number of pyridine rings is 1. The first kappa shape index (κ1) is 7.72. The molecule has 0 aliphatic carbocycles. The van der Waals surface area contributed by atoms with Gasteiger partial charge in [0.25, 0.3) is 0 Å². The Morgan fingerprint density at radius 2 is 2.31 bits per heavy atom. The fourth-order valence-electron chi connectivity index (χ4n) is 0.989. The van der Waals surface area contributed by atoms with E-state index >= 15 is 0 Å². The van der Waals surface area contributed by atoms with Crippen molar-refractivity contribution in [2.24, 2.45) is 0 Å². The van der Waals surface area contributed by atoms with Gasteiger partial charge in [0.1, 0.15) is 12.0 Å². The van der Waals surface area contributed by atoms with Gasteiger partial charge >= 0.3 is 0 Å². The normalized spacial score (nSPS) is 9.92. The van der Waals surface area contributed by atoms with Crippen LogP contribution in [0.5, 0.6) is 5.88 Å². The summed E-state index contributed by atoms with van der Waals surface area (Å²) in [6.45, 7) is 0. The van der Waals surface area contributed by atoms with Crippen molar-refractivity contribution < 1.29 is 4.74 Å². The quantitative estimate of drug-likeness (QED) is 0.737. The minimum absolute atomic E-state index is 0.564. The molecule has 0 bridgehead atoms. The van der Waals surface area contributed by atoms with Gasteiger partial charge in [-0.3, -0.25) is 5.10 Å². The number of hydrogen-bond donors (Lipinski definition) is 1. The molecule has 66 valence electrons. The highest BCUT2D eigenvalue weighted by Crippen LogP contribution is 2.14. The Balaban J connectivity index is 2.41. The van der Waals surface area contributed by atoms with E-state index < -0.39 is 0 Å². The van der Waals surface area contributed by atoms with Crippen molar-refractivity contribution in [3.63, 3.8) is 0 Å². The number of hydrogen-bond acceptors (Lipinski definition) is 4. The van der Waals surface area contributed by atoms with Crippen LogP contribution in [0.4, 0.5) is 0 Å². The van der Waals surface area contributed by atoms with Gasteiger partial charge in [0.05, 0.1) is 7.11 Å². The van der Waals surface area contributed by atoms with Crippen LogP contribution >= 0.6 is 0 Å². The standard InChI is InChI=1S/C8H8N4O/c1-13-7-4-2-3-6(11-7)8-9-5-10-12-8/h2-5H,1H3,(H,9,10,12). The molecule has 0 radical (unpaired) electrons. The van der Waals surface area contributed by atoms with Gasteiger partial charge in [-0.2, -0.15) is 5.10 Å². The lowest BCUT2D eigenvalue weighted by molar-refractivity contribution is 0.398. The molecule has 5 nitrogen and oxygen atoms in total. The zero-order valence-electron chi connectivity index (χ0n) is 7.06. The fraction of sp³-hybridized carbons (Fsp3) is 0.125. The van der Waals surface area contributed by atoms with E-state index in [1.165, 1.54) is 6.33 Å². The summed E-state index contributed by atoms with van der Waals surface area (Å²) in [4.78, 5) is 8.15. The van der Waals surface area contributed by atoms with Crippen molar-refractivity contribution in [1.82, 2.24) is 20.2 Å². The molecule has 0 saturated carbocycles. The molecule has 2 heterocycles. The molecule has 2 aromatic rings. The molecule has 0 atom stereocenters. The van der Waals surface area contributed by atoms with Gasteiger partial charge < -0.3 is 4.74 Å². The molecule has 1 N–H and O–H groups in total. The van der Waals surface area contributed by atoms with E-state index in [0.717, 1.165) is 5.69 Å². The molecule has 13 heavy (non-hydrogen) atoms. The van der Waals surface area contributed by atoms with Gasteiger partial charge in [-0.05, 0) is 6.07 Å². The highest BCUT2D eigenvalue weighted by Gasteiger charge is 2.02. The van der Waals surface area contributed by atoms with E-state index in [1.54, 1.807) is 13.2 Å². The van der Waals surface area contributed by atoms with Crippen molar-refractivity contribution in [1.29, 1.82) is 0 Å². The summed E-state index contributed by atoms with van der Waals surface area (Å²) >= 11 is 0. The van der Waals surface area contributed by atoms with Gasteiger partial charge in [0.2, 0.25) is 5.88 Å². The molecule has 0 aliphatic rings. The number of methoxy groups -OCH3 is 1. The first-order valence-corrected chi connectivity index (χ1v) is 3.77. The van der Waals surface area contributed by atoms with Gasteiger partial charge in [0, 0.05) is 6.07 Å². The fourth-order valence-corrected chi connectivity index (χ4v) is 0.989. The Bertz CT molecular complexity index is 385. The lowest BCUT2D eigenvalue weighted by atomic mass is 10.3. The average Bonchev–Trinajstić information content (AvgIpc) is 2.71. The van der Waals surface area contributed by atoms with Crippen LogP contribution in [0.2, 0.25) is 0 Å². The second-order valence-corrected chi connectivity index (χ2v) is 2.40. The average molecular weight is 176 g/mol. The second kappa shape index (κ2) is 3.22. The number of nitrogens with zero attached hydrogens (tertiary/aromatic N) is 3. The molecule has 0 unspecified atom stereocenters. The topological polar surface area (TPSA) is 63.7 Å². The van der Waals surface area contributed by atoms with Crippen LogP contribution in [0.15, 0.2) is 24.5 Å². The largest absolute Gasteiger partial charge is 0.481 e. The van der Waals surface area contributed by atoms with Crippen molar-refractivity contribution in [2.75, 3.05) is 7.11 Å². The van der Waals surface area contributed by atoms with E-state index in [0.29, 0.717) is 11.7 Å². The monoisotopic (exact) mass is 176 g/mol. The summed E-state index contributed by atoms with van der Waals surface area (Å²) in [5, 5.41) is 6.46. The summed E-state index contributed by atoms with van der Waals surface area (Å²) in [7, 11) is 1.58. The number of rotatable bonds is 2. The number of ether oxygens (including phenoxy) is 1. The number of H-pyrrole nitrogens is 1. The van der Waals surface area contributed by atoms with Crippen LogP contribution in [0.3, 0.4) is 0 Å². The maximum Gasteiger partial charge on any atom is 0.213 e. The lowest BCUT2D eigenvalue weighted by Crippen LogP contribution is -1.90. The van der Waals surface area contributed by atoms with Crippen LogP contribution in [0.1, 0.15) is 0 Å². The smallest absolute Gasteiger partial charge is 0.213 e. The second-order valence-electron chi connectivity index (χ2n) is 2.40. The zero-order valence-corrected chi connectivity index (χ0v) is 7.06. The molecule has 0 aromatic carbocycles. The molecule has 5 heteroatoms. The van der Waals surface area contributed by atoms with Crippen molar-refractivity contribution >= 4 is 0 Å². The lowest BCUT2D eigenvalue weighted by Gasteiger charge is -1.99. The summed E-state index contributed by atoms with van der Waals surface area (Å²) in [5.41, 5.74) is 0.719. The number of aromatic nitrogens is 4. The minimum Gasteiger partial charge on any atom is -0.481 e. The van der Waals surface area contributed by atoms with E-state index in [4.69, 9.17) is 4.74 Å². The van der Waals surface area contributed by atoms with Crippen LogP contribution in [-0.4, -0.2) is 27.3 Å². The molecule has 0 amide bonds. The Morgan fingerprint density at radius 1 is 1.38 bits per heavy atom. The van der Waals surface area contributed by atoms with Crippen LogP contribution in [0.25, 0.3) is 11.5 Å². The van der Waals surface area contributed by atoms with Crippen molar-refractivity contribution in [3.05, 3.63) is 24.5 Å². The van der Waals surface area contributed by atoms with E-state index in [2.05, 4.69) is 20.2 Å². The van der Waals surface area contributed by atoms with Gasteiger partial charge in [-0.25, -0.2) is 9.97 Å². The third-order valence-corrected chi connectivity index (χ3v) is 1.59. The van der Waals surface area contributed by atoms with Crippen LogP contribution in [0, 0.1) is 0 Å². The highest BCUT2D eigenvalue weighted by atomic mass is 16.5. The zero-order chi connectivity index (χ0) is 9.10. The van der Waals surface area contributed by atoms with E-state index in [1.807, 2.05) is 12.1 Å². The summed E-state index contributed by atoms with van der Waals surface area (Å²) < 4.78 is 4.98. The van der Waals surface area contributed by atoms with Crippen LogP contribution < -0.4 is 4.74 Å². The van der Waals surface area contributed by atoms with Gasteiger partial charge in [-0.15, -0.1) is 0 Å². The summed E-state index contributed by atoms with van der Waals surface area (Å²) in [5.74, 6) is 1.20. The molecule has 0 spiro atoms. The first-order chi connectivity index (χ1) is 6.40. The molecular weight excluding hydrogens is 168 g/mol. The molecule has 0 saturated heterocycles. The molecular formula is C8H8N4O. The Hall–Kier alpha value is -1.91. The minimum atomic E-state index is 0.564. The maximum absolute atomic E-state index is 4.98. The summed E-state index contributed by atoms with van der Waals surface area (Å²) in [6.07, 6.45) is 1.44. The molecule has 2 rings (SSSR count). The number of aromatic amines is 1. The van der Waals surface area contributed by atoms with Crippen molar-refractivity contribution in [2.45, 2.75) is 0 Å². The Kier molecular flexibility index (Phi) is 1.91. The predicted octanol–water partition coefficient (Wildman–Crippen LogP) is 0.875. The molecule has 2 aromatic heterocycles. The third kappa shape index (κ3) is 1.48. The Morgan fingerprint density at radius 3 is 3.00 bits per heavy atom. The predicted molar refractivity (Wildman–Crippen MR) is 46.2 cm³/mol. The first-order valence-electron chi connectivity index (χ1n) is 3.77. The van der Waals surface area contributed by atoms with E-state index in [9.17, 15) is 0 Å². The van der Waals surface area contributed by atoms with Gasteiger partial charge in [-0.1, -0.05) is 6.07 Å². The maximum atomic E-state index is 4.98. The highest BCUT2D eigenvalue weighted by molar-refractivity contribution is 5.48. The van der Waals surface area contributed by atoms with Crippen molar-refractivity contribution in [3.8, 4) is 17.4 Å². The third-order valence-electron chi connectivity index (χ3n) is 1.59. The van der Waals surface area contributed by atoms with E-state index in [-0.39, 0.29) is 0 Å². The molecule has 0 aliphatic heterocycles. The SMILES string of the molecule is COc1cccc(-c2ncn[nH]2)n1. The van der Waals surface area contributed by atoms with Gasteiger partial charge in [0.15, 0.2) is 5.82 Å². The number of nitrogens with one attached hydrogen (secondary N) is 1. The Labute approximate surface area is 74.8 Å².